The molecule has 1 aliphatic rings. The molecule has 3 rings (SSSR count). The van der Waals surface area contributed by atoms with Gasteiger partial charge in [-0.15, -0.1) is 0 Å². The topological polar surface area (TPSA) is 49.4 Å². The van der Waals surface area contributed by atoms with Crippen molar-refractivity contribution in [2.24, 2.45) is 0 Å². The molecule has 1 N–H and O–H groups in total. The van der Waals surface area contributed by atoms with E-state index in [-0.39, 0.29) is 17.1 Å². The summed E-state index contributed by atoms with van der Waals surface area (Å²) in [6, 6.07) is 10.2. The SMILES string of the molecule is Cc1ccc(F)cc1NCN1C(=O)S/C(=C\c2ccccc2F)C1=O. The van der Waals surface area contributed by atoms with E-state index in [4.69, 9.17) is 0 Å². The van der Waals surface area contributed by atoms with Crippen molar-refractivity contribution in [3.8, 4) is 0 Å². The maximum atomic E-state index is 13.7. The van der Waals surface area contributed by atoms with Crippen molar-refractivity contribution < 1.29 is 18.4 Å². The highest BCUT2D eigenvalue weighted by molar-refractivity contribution is 8.18. The fourth-order valence-corrected chi connectivity index (χ4v) is 3.15. The quantitative estimate of drug-likeness (QED) is 0.822. The Hall–Kier alpha value is -2.67. The first-order valence-electron chi connectivity index (χ1n) is 7.45. The van der Waals surface area contributed by atoms with Crippen LogP contribution in [0.15, 0.2) is 47.4 Å². The van der Waals surface area contributed by atoms with E-state index in [0.717, 1.165) is 22.2 Å². The van der Waals surface area contributed by atoms with Crippen LogP contribution in [0.5, 0.6) is 0 Å². The molecule has 2 amide bonds. The van der Waals surface area contributed by atoms with Crippen molar-refractivity contribution in [3.63, 3.8) is 0 Å². The number of nitrogens with one attached hydrogen (secondary N) is 1. The van der Waals surface area contributed by atoms with Gasteiger partial charge >= 0.3 is 0 Å². The van der Waals surface area contributed by atoms with Crippen molar-refractivity contribution in [2.75, 3.05) is 12.0 Å². The Bertz CT molecular complexity index is 883. The number of benzene rings is 2. The maximum Gasteiger partial charge on any atom is 0.295 e. The predicted molar refractivity (Wildman–Crippen MR) is 93.8 cm³/mol. The summed E-state index contributed by atoms with van der Waals surface area (Å²) in [5.41, 5.74) is 1.52. The number of aryl methyl sites for hydroxylation is 1. The van der Waals surface area contributed by atoms with Gasteiger partial charge in [-0.3, -0.25) is 14.5 Å². The summed E-state index contributed by atoms with van der Waals surface area (Å²) in [4.78, 5) is 25.6. The molecule has 0 saturated carbocycles. The van der Waals surface area contributed by atoms with Gasteiger partial charge in [0.1, 0.15) is 11.6 Å². The number of hydrogen-bond donors (Lipinski definition) is 1. The lowest BCUT2D eigenvalue weighted by molar-refractivity contribution is -0.122. The van der Waals surface area contributed by atoms with Crippen molar-refractivity contribution in [3.05, 3.63) is 70.1 Å². The number of anilines is 1. The number of hydrogen-bond acceptors (Lipinski definition) is 4. The average molecular weight is 360 g/mol. The van der Waals surface area contributed by atoms with E-state index in [1.54, 1.807) is 25.1 Å². The van der Waals surface area contributed by atoms with Gasteiger partial charge in [0.05, 0.1) is 11.6 Å². The molecule has 0 aliphatic carbocycles. The highest BCUT2D eigenvalue weighted by Crippen LogP contribution is 2.32. The normalized spacial score (nSPS) is 16.0. The Morgan fingerprint density at radius 1 is 1.16 bits per heavy atom. The Kier molecular flexibility index (Phi) is 4.85. The van der Waals surface area contributed by atoms with Crippen LogP contribution >= 0.6 is 11.8 Å². The van der Waals surface area contributed by atoms with Gasteiger partial charge in [0.15, 0.2) is 0 Å². The fraction of sp³-hybridized carbons (Fsp3) is 0.111. The summed E-state index contributed by atoms with van der Waals surface area (Å²) < 4.78 is 27.0. The molecule has 1 heterocycles. The van der Waals surface area contributed by atoms with Gasteiger partial charge in [0, 0.05) is 11.3 Å². The lowest BCUT2D eigenvalue weighted by atomic mass is 10.2. The summed E-state index contributed by atoms with van der Waals surface area (Å²) in [5.74, 6) is -1.40. The zero-order chi connectivity index (χ0) is 18.0. The zero-order valence-electron chi connectivity index (χ0n) is 13.3. The number of thioether (sulfide) groups is 1. The third-order valence-electron chi connectivity index (χ3n) is 3.69. The van der Waals surface area contributed by atoms with Crippen LogP contribution in [0.1, 0.15) is 11.1 Å². The van der Waals surface area contributed by atoms with Crippen molar-refractivity contribution in [1.82, 2.24) is 4.90 Å². The van der Waals surface area contributed by atoms with Gasteiger partial charge in [-0.05, 0) is 48.5 Å². The standard InChI is InChI=1S/C18H14F2N2O2S/c1-11-6-7-13(19)9-15(11)21-10-22-17(23)16(25-18(22)24)8-12-4-2-3-5-14(12)20/h2-9,21H,10H2,1H3/b16-8-. The van der Waals surface area contributed by atoms with E-state index < -0.39 is 22.8 Å². The molecule has 0 atom stereocenters. The van der Waals surface area contributed by atoms with E-state index in [9.17, 15) is 18.4 Å². The molecule has 0 radical (unpaired) electrons. The molecule has 0 bridgehead atoms. The molecule has 25 heavy (non-hydrogen) atoms. The molecule has 2 aromatic carbocycles. The monoisotopic (exact) mass is 360 g/mol. The molecule has 1 aliphatic heterocycles. The maximum absolute atomic E-state index is 13.7. The summed E-state index contributed by atoms with van der Waals surface area (Å²) >= 11 is 0.746. The fourth-order valence-electron chi connectivity index (χ4n) is 2.32. The molecule has 4 nitrogen and oxygen atoms in total. The Morgan fingerprint density at radius 2 is 1.92 bits per heavy atom. The number of rotatable bonds is 4. The summed E-state index contributed by atoms with van der Waals surface area (Å²) in [6.45, 7) is 1.69. The highest BCUT2D eigenvalue weighted by Gasteiger charge is 2.35. The number of nitrogens with zero attached hydrogens (tertiary/aromatic N) is 1. The summed E-state index contributed by atoms with van der Waals surface area (Å²) in [5, 5.41) is 2.42. The van der Waals surface area contributed by atoms with Gasteiger partial charge in [-0.25, -0.2) is 8.78 Å². The first kappa shape index (κ1) is 17.2. The highest BCUT2D eigenvalue weighted by atomic mass is 32.2. The first-order chi connectivity index (χ1) is 12.0. The molecule has 0 aromatic heterocycles. The molecule has 7 heteroatoms. The van der Waals surface area contributed by atoms with Crippen molar-refractivity contribution in [2.45, 2.75) is 6.92 Å². The first-order valence-corrected chi connectivity index (χ1v) is 8.27. The van der Waals surface area contributed by atoms with Gasteiger partial charge < -0.3 is 5.32 Å². The van der Waals surface area contributed by atoms with Crippen molar-refractivity contribution >= 4 is 34.7 Å². The van der Waals surface area contributed by atoms with Crippen LogP contribution in [0, 0.1) is 18.6 Å². The molecule has 0 spiro atoms. The summed E-state index contributed by atoms with van der Waals surface area (Å²) in [7, 11) is 0. The van der Waals surface area contributed by atoms with Crippen LogP contribution in [0.25, 0.3) is 6.08 Å². The van der Waals surface area contributed by atoms with Crippen LogP contribution in [-0.4, -0.2) is 22.7 Å². The second kappa shape index (κ2) is 7.06. The zero-order valence-corrected chi connectivity index (χ0v) is 14.1. The Balaban J connectivity index is 1.76. The molecule has 0 unspecified atom stereocenters. The minimum absolute atomic E-state index is 0.0937. The van der Waals surface area contributed by atoms with Crippen LogP contribution in [-0.2, 0) is 4.79 Å². The molecule has 1 saturated heterocycles. The molecule has 1 fully saturated rings. The number of halogens is 2. The minimum atomic E-state index is -0.514. The van der Waals surface area contributed by atoms with Gasteiger partial charge in [-0.2, -0.15) is 0 Å². The van der Waals surface area contributed by atoms with Crippen LogP contribution in [0.4, 0.5) is 19.3 Å². The van der Waals surface area contributed by atoms with E-state index in [2.05, 4.69) is 5.32 Å². The number of imide groups is 1. The van der Waals surface area contributed by atoms with Gasteiger partial charge in [0.2, 0.25) is 0 Å². The number of amides is 2. The average Bonchev–Trinajstić information content (AvgIpc) is 2.84. The van der Waals surface area contributed by atoms with Gasteiger partial charge in [-0.1, -0.05) is 24.3 Å². The summed E-state index contributed by atoms with van der Waals surface area (Å²) in [6.07, 6.45) is 1.35. The second-order valence-corrected chi connectivity index (χ2v) is 6.42. The number of carbonyl (C=O) groups is 2. The number of carbonyl (C=O) groups excluding carboxylic acids is 2. The van der Waals surface area contributed by atoms with Crippen LogP contribution in [0.2, 0.25) is 0 Å². The van der Waals surface area contributed by atoms with Gasteiger partial charge in [0.25, 0.3) is 11.1 Å². The van der Waals surface area contributed by atoms with E-state index in [1.165, 1.54) is 30.3 Å². The smallest absolute Gasteiger partial charge is 0.295 e. The lowest BCUT2D eigenvalue weighted by Crippen LogP contribution is -2.33. The molecule has 2 aromatic rings. The third-order valence-corrected chi connectivity index (χ3v) is 4.60. The lowest BCUT2D eigenvalue weighted by Gasteiger charge is -2.16. The van der Waals surface area contributed by atoms with E-state index >= 15 is 0 Å². The predicted octanol–water partition coefficient (Wildman–Crippen LogP) is 4.38. The Morgan fingerprint density at radius 3 is 2.68 bits per heavy atom. The van der Waals surface area contributed by atoms with Crippen molar-refractivity contribution in [1.29, 1.82) is 0 Å². The minimum Gasteiger partial charge on any atom is -0.367 e. The van der Waals surface area contributed by atoms with E-state index in [0.29, 0.717) is 5.69 Å². The van der Waals surface area contributed by atoms with E-state index in [1.807, 2.05) is 0 Å². The Labute approximate surface area is 147 Å². The third kappa shape index (κ3) is 3.71. The molecule has 128 valence electrons. The second-order valence-electron chi connectivity index (χ2n) is 5.43. The molecular formula is C18H14F2N2O2S. The van der Waals surface area contributed by atoms with Crippen LogP contribution in [0.3, 0.4) is 0 Å². The van der Waals surface area contributed by atoms with Crippen LogP contribution < -0.4 is 5.32 Å². The largest absolute Gasteiger partial charge is 0.367 e. The molecular weight excluding hydrogens is 346 g/mol.